The lowest BCUT2D eigenvalue weighted by Gasteiger charge is -2.27. The van der Waals surface area contributed by atoms with Crippen molar-refractivity contribution in [1.29, 1.82) is 0 Å². The molecule has 2 fully saturated rings. The van der Waals surface area contributed by atoms with Gasteiger partial charge in [-0.2, -0.15) is 0 Å². The highest BCUT2D eigenvalue weighted by molar-refractivity contribution is 5.75. The molecule has 0 radical (unpaired) electrons. The lowest BCUT2D eigenvalue weighted by Crippen LogP contribution is -2.42. The highest BCUT2D eigenvalue weighted by Crippen LogP contribution is 2.31. The number of carbonyl (C=O) groups is 1. The molecule has 0 aliphatic carbocycles. The zero-order valence-electron chi connectivity index (χ0n) is 8.37. The minimum absolute atomic E-state index is 0.388. The molecule has 14 heavy (non-hydrogen) atoms. The zero-order chi connectivity index (χ0) is 10.0. The van der Waals surface area contributed by atoms with E-state index in [2.05, 4.69) is 4.90 Å². The Balaban J connectivity index is 1.99. The van der Waals surface area contributed by atoms with Crippen LogP contribution in [0, 0.1) is 5.41 Å². The monoisotopic (exact) mass is 199 g/mol. The van der Waals surface area contributed by atoms with Crippen LogP contribution in [0.5, 0.6) is 0 Å². The predicted octanol–water partition coefficient (Wildman–Crippen LogP) is 0.573. The molecular formula is C10H17NO3. The Labute approximate surface area is 83.8 Å². The van der Waals surface area contributed by atoms with Gasteiger partial charge in [-0.05, 0) is 32.4 Å². The fourth-order valence-electron chi connectivity index (χ4n) is 2.34. The summed E-state index contributed by atoms with van der Waals surface area (Å²) in [6.45, 7) is 3.76. The third-order valence-electron chi connectivity index (χ3n) is 3.28. The molecule has 80 valence electrons. The normalized spacial score (nSPS) is 33.7. The summed E-state index contributed by atoms with van der Waals surface area (Å²) in [5.74, 6) is -0.693. The SMILES string of the molecule is O=C(O)C1(CN2CCCC2)CCOC1. The number of carboxylic acids is 1. The van der Waals surface area contributed by atoms with Gasteiger partial charge in [0.15, 0.2) is 0 Å². The zero-order valence-corrected chi connectivity index (χ0v) is 8.37. The second kappa shape index (κ2) is 3.87. The van der Waals surface area contributed by atoms with Crippen LogP contribution in [0.4, 0.5) is 0 Å². The van der Waals surface area contributed by atoms with Gasteiger partial charge >= 0.3 is 5.97 Å². The van der Waals surface area contributed by atoms with Crippen molar-refractivity contribution in [1.82, 2.24) is 4.90 Å². The molecule has 0 aromatic rings. The number of hydrogen-bond donors (Lipinski definition) is 1. The van der Waals surface area contributed by atoms with E-state index in [1.54, 1.807) is 0 Å². The van der Waals surface area contributed by atoms with E-state index in [0.717, 1.165) is 13.1 Å². The van der Waals surface area contributed by atoms with Gasteiger partial charge in [0.2, 0.25) is 0 Å². The molecule has 2 rings (SSSR count). The van der Waals surface area contributed by atoms with Gasteiger partial charge in [0.1, 0.15) is 5.41 Å². The average molecular weight is 199 g/mol. The second-order valence-electron chi connectivity index (χ2n) is 4.37. The van der Waals surface area contributed by atoms with Crippen molar-refractivity contribution in [2.24, 2.45) is 5.41 Å². The molecule has 4 heteroatoms. The Morgan fingerprint density at radius 3 is 2.64 bits per heavy atom. The molecule has 4 nitrogen and oxygen atoms in total. The van der Waals surface area contributed by atoms with Gasteiger partial charge in [-0.15, -0.1) is 0 Å². The van der Waals surface area contributed by atoms with Crippen LogP contribution in [0.1, 0.15) is 19.3 Å². The van der Waals surface area contributed by atoms with E-state index >= 15 is 0 Å². The number of likely N-dealkylation sites (tertiary alicyclic amines) is 1. The van der Waals surface area contributed by atoms with E-state index in [1.807, 2.05) is 0 Å². The first-order valence-corrected chi connectivity index (χ1v) is 5.26. The maximum atomic E-state index is 11.2. The molecule has 2 heterocycles. The third kappa shape index (κ3) is 1.77. The topological polar surface area (TPSA) is 49.8 Å². The maximum Gasteiger partial charge on any atom is 0.313 e. The summed E-state index contributed by atoms with van der Waals surface area (Å²) in [5.41, 5.74) is -0.621. The lowest BCUT2D eigenvalue weighted by atomic mass is 9.87. The Bertz CT molecular complexity index is 217. The Morgan fingerprint density at radius 1 is 1.43 bits per heavy atom. The second-order valence-corrected chi connectivity index (χ2v) is 4.37. The maximum absolute atomic E-state index is 11.2. The summed E-state index contributed by atoms with van der Waals surface area (Å²) in [6.07, 6.45) is 3.08. The number of ether oxygens (including phenoxy) is 1. The van der Waals surface area contributed by atoms with E-state index < -0.39 is 11.4 Å². The fraction of sp³-hybridized carbons (Fsp3) is 0.900. The first kappa shape index (κ1) is 9.93. The van der Waals surface area contributed by atoms with Gasteiger partial charge in [0.05, 0.1) is 6.61 Å². The van der Waals surface area contributed by atoms with Gasteiger partial charge in [-0.3, -0.25) is 4.79 Å². The number of aliphatic carboxylic acids is 1. The minimum Gasteiger partial charge on any atom is -0.481 e. The smallest absolute Gasteiger partial charge is 0.313 e. The molecular weight excluding hydrogens is 182 g/mol. The number of hydrogen-bond acceptors (Lipinski definition) is 3. The highest BCUT2D eigenvalue weighted by atomic mass is 16.5. The molecule has 0 aromatic heterocycles. The van der Waals surface area contributed by atoms with Crippen molar-refractivity contribution in [3.05, 3.63) is 0 Å². The van der Waals surface area contributed by atoms with Crippen molar-refractivity contribution in [2.45, 2.75) is 19.3 Å². The summed E-state index contributed by atoms with van der Waals surface area (Å²) in [5, 5.41) is 9.22. The van der Waals surface area contributed by atoms with E-state index in [-0.39, 0.29) is 0 Å². The molecule has 0 spiro atoms. The number of nitrogens with zero attached hydrogens (tertiary/aromatic N) is 1. The molecule has 0 saturated carbocycles. The van der Waals surface area contributed by atoms with Gasteiger partial charge < -0.3 is 14.7 Å². The fourth-order valence-corrected chi connectivity index (χ4v) is 2.34. The molecule has 0 aromatic carbocycles. The molecule has 1 unspecified atom stereocenters. The van der Waals surface area contributed by atoms with Crippen LogP contribution in [0.2, 0.25) is 0 Å². The quantitative estimate of drug-likeness (QED) is 0.722. The Morgan fingerprint density at radius 2 is 2.14 bits per heavy atom. The molecule has 0 amide bonds. The first-order chi connectivity index (χ1) is 6.73. The van der Waals surface area contributed by atoms with E-state index in [0.29, 0.717) is 26.2 Å². The molecule has 2 aliphatic rings. The summed E-state index contributed by atoms with van der Waals surface area (Å²) >= 11 is 0. The third-order valence-corrected chi connectivity index (χ3v) is 3.28. The summed E-state index contributed by atoms with van der Waals surface area (Å²) in [6, 6.07) is 0. The van der Waals surface area contributed by atoms with Crippen molar-refractivity contribution in [2.75, 3.05) is 32.8 Å². The van der Waals surface area contributed by atoms with Crippen molar-refractivity contribution < 1.29 is 14.6 Å². The summed E-state index contributed by atoms with van der Waals surface area (Å²) < 4.78 is 5.22. The minimum atomic E-state index is -0.693. The van der Waals surface area contributed by atoms with Crippen LogP contribution in [0.25, 0.3) is 0 Å². The van der Waals surface area contributed by atoms with Gasteiger partial charge in [0, 0.05) is 13.2 Å². The van der Waals surface area contributed by atoms with Crippen LogP contribution in [0.15, 0.2) is 0 Å². The van der Waals surface area contributed by atoms with E-state index in [1.165, 1.54) is 12.8 Å². The van der Waals surface area contributed by atoms with Gasteiger partial charge in [0.25, 0.3) is 0 Å². The molecule has 2 saturated heterocycles. The highest BCUT2D eigenvalue weighted by Gasteiger charge is 2.44. The average Bonchev–Trinajstić information content (AvgIpc) is 2.76. The molecule has 1 N–H and O–H groups in total. The van der Waals surface area contributed by atoms with E-state index in [4.69, 9.17) is 4.74 Å². The van der Waals surface area contributed by atoms with Crippen LogP contribution < -0.4 is 0 Å². The Kier molecular flexibility index (Phi) is 2.74. The molecule has 2 aliphatic heterocycles. The van der Waals surface area contributed by atoms with Gasteiger partial charge in [-0.25, -0.2) is 0 Å². The Hall–Kier alpha value is -0.610. The standard InChI is InChI=1S/C10H17NO3/c12-9(13)10(3-6-14-8-10)7-11-4-1-2-5-11/h1-8H2,(H,12,13). The van der Waals surface area contributed by atoms with Crippen molar-refractivity contribution in [3.63, 3.8) is 0 Å². The van der Waals surface area contributed by atoms with Gasteiger partial charge in [-0.1, -0.05) is 0 Å². The summed E-state index contributed by atoms with van der Waals surface area (Å²) in [4.78, 5) is 13.5. The molecule has 1 atom stereocenters. The lowest BCUT2D eigenvalue weighted by molar-refractivity contribution is -0.150. The first-order valence-electron chi connectivity index (χ1n) is 5.26. The number of rotatable bonds is 3. The molecule has 0 bridgehead atoms. The van der Waals surface area contributed by atoms with Crippen LogP contribution in [0.3, 0.4) is 0 Å². The van der Waals surface area contributed by atoms with Crippen LogP contribution >= 0.6 is 0 Å². The predicted molar refractivity (Wildman–Crippen MR) is 51.2 cm³/mol. The van der Waals surface area contributed by atoms with Crippen molar-refractivity contribution in [3.8, 4) is 0 Å². The number of carboxylic acid groups (broad SMARTS) is 1. The van der Waals surface area contributed by atoms with Crippen molar-refractivity contribution >= 4 is 5.97 Å². The largest absolute Gasteiger partial charge is 0.481 e. The summed E-state index contributed by atoms with van der Waals surface area (Å²) in [7, 11) is 0. The van der Waals surface area contributed by atoms with Crippen LogP contribution in [-0.4, -0.2) is 48.8 Å². The van der Waals surface area contributed by atoms with E-state index in [9.17, 15) is 9.90 Å². The van der Waals surface area contributed by atoms with Crippen LogP contribution in [-0.2, 0) is 9.53 Å².